The molecule has 0 bridgehead atoms. The summed E-state index contributed by atoms with van der Waals surface area (Å²) in [6, 6.07) is 5.23. The van der Waals surface area contributed by atoms with Crippen molar-refractivity contribution in [2.45, 2.75) is 20.4 Å². The normalized spacial score (nSPS) is 11.1. The summed E-state index contributed by atoms with van der Waals surface area (Å²) in [7, 11) is 0. The van der Waals surface area contributed by atoms with Gasteiger partial charge in [-0.15, -0.1) is 11.3 Å². The van der Waals surface area contributed by atoms with Crippen molar-refractivity contribution in [1.29, 1.82) is 0 Å². The molecule has 0 saturated heterocycles. The van der Waals surface area contributed by atoms with E-state index in [1.165, 1.54) is 0 Å². The fraction of sp³-hybridized carbons (Fsp3) is 0.214. The molecule has 1 N–H and O–H groups in total. The molecule has 5 nitrogen and oxygen atoms in total. The predicted octanol–water partition coefficient (Wildman–Crippen LogP) is 2.86. The van der Waals surface area contributed by atoms with Gasteiger partial charge in [0.05, 0.1) is 22.6 Å². The zero-order chi connectivity index (χ0) is 14.3. The number of rotatable bonds is 3. The second-order valence-electron chi connectivity index (χ2n) is 4.57. The maximum absolute atomic E-state index is 11.2. The van der Waals surface area contributed by atoms with E-state index in [4.69, 9.17) is 0 Å². The third-order valence-electron chi connectivity index (χ3n) is 3.18. The number of carbonyl (C=O) groups is 1. The van der Waals surface area contributed by atoms with Crippen LogP contribution in [-0.2, 0) is 6.54 Å². The van der Waals surface area contributed by atoms with Gasteiger partial charge in [-0.2, -0.15) is 0 Å². The Kier molecular flexibility index (Phi) is 3.02. The van der Waals surface area contributed by atoms with E-state index < -0.39 is 5.97 Å². The van der Waals surface area contributed by atoms with Crippen molar-refractivity contribution in [1.82, 2.24) is 14.5 Å². The number of aryl methyl sites for hydroxylation is 2. The van der Waals surface area contributed by atoms with E-state index in [1.54, 1.807) is 23.5 Å². The zero-order valence-corrected chi connectivity index (χ0v) is 11.9. The fourth-order valence-corrected chi connectivity index (χ4v) is 3.05. The van der Waals surface area contributed by atoms with Gasteiger partial charge in [-0.1, -0.05) is 6.07 Å². The highest BCUT2D eigenvalue weighted by atomic mass is 32.1. The molecule has 0 aliphatic rings. The molecule has 3 rings (SSSR count). The van der Waals surface area contributed by atoms with Gasteiger partial charge in [0, 0.05) is 11.1 Å². The molecule has 0 aliphatic carbocycles. The van der Waals surface area contributed by atoms with E-state index in [0.29, 0.717) is 12.1 Å². The average molecular weight is 287 g/mol. The number of carboxylic acid groups (broad SMARTS) is 1. The molecule has 0 aliphatic heterocycles. The molecule has 1 aromatic carbocycles. The van der Waals surface area contributed by atoms with Crippen molar-refractivity contribution in [3.05, 3.63) is 45.7 Å². The molecule has 102 valence electrons. The second kappa shape index (κ2) is 4.72. The van der Waals surface area contributed by atoms with E-state index >= 15 is 0 Å². The Morgan fingerprint density at radius 1 is 1.40 bits per heavy atom. The van der Waals surface area contributed by atoms with Crippen LogP contribution in [0.25, 0.3) is 11.0 Å². The Bertz CT molecular complexity index is 804. The SMILES string of the molecule is Cc1ncc(Cn2c(C)nc3c(C(=O)O)cccc32)s1. The molecule has 20 heavy (non-hydrogen) atoms. The van der Waals surface area contributed by atoms with E-state index in [1.807, 2.05) is 30.7 Å². The van der Waals surface area contributed by atoms with Crippen molar-refractivity contribution in [3.63, 3.8) is 0 Å². The molecule has 2 aromatic heterocycles. The molecule has 0 spiro atoms. The van der Waals surface area contributed by atoms with Gasteiger partial charge in [-0.3, -0.25) is 0 Å². The third-order valence-corrected chi connectivity index (χ3v) is 4.08. The first-order valence-corrected chi connectivity index (χ1v) is 6.98. The standard InChI is InChI=1S/C14H13N3O2S/c1-8-16-13-11(14(18)19)4-3-5-12(13)17(8)7-10-6-15-9(2)20-10/h3-6H,7H2,1-2H3,(H,18,19). The summed E-state index contributed by atoms with van der Waals surface area (Å²) in [5.74, 6) is -0.145. The van der Waals surface area contributed by atoms with Gasteiger partial charge >= 0.3 is 5.97 Å². The van der Waals surface area contributed by atoms with Gasteiger partial charge in [0.2, 0.25) is 0 Å². The minimum atomic E-state index is -0.950. The summed E-state index contributed by atoms with van der Waals surface area (Å²) in [6.07, 6.45) is 1.85. The van der Waals surface area contributed by atoms with Crippen LogP contribution < -0.4 is 0 Å². The minimum absolute atomic E-state index is 0.241. The Morgan fingerprint density at radius 3 is 2.85 bits per heavy atom. The highest BCUT2D eigenvalue weighted by Gasteiger charge is 2.15. The average Bonchev–Trinajstić information content (AvgIpc) is 2.94. The first-order chi connectivity index (χ1) is 9.56. The number of hydrogen-bond donors (Lipinski definition) is 1. The molecule has 0 atom stereocenters. The first-order valence-electron chi connectivity index (χ1n) is 6.16. The first kappa shape index (κ1) is 12.8. The van der Waals surface area contributed by atoms with E-state index in [0.717, 1.165) is 21.2 Å². The molecular weight excluding hydrogens is 274 g/mol. The van der Waals surface area contributed by atoms with Crippen LogP contribution in [0.15, 0.2) is 24.4 Å². The van der Waals surface area contributed by atoms with Crippen LogP contribution in [0.1, 0.15) is 26.1 Å². The Hall–Kier alpha value is -2.21. The number of benzene rings is 1. The number of carboxylic acids is 1. The summed E-state index contributed by atoms with van der Waals surface area (Å²) < 4.78 is 2.02. The number of fused-ring (bicyclic) bond motifs is 1. The zero-order valence-electron chi connectivity index (χ0n) is 11.1. The van der Waals surface area contributed by atoms with Gasteiger partial charge in [0.1, 0.15) is 11.3 Å². The number of para-hydroxylation sites is 1. The van der Waals surface area contributed by atoms with Gasteiger partial charge in [0.25, 0.3) is 0 Å². The highest BCUT2D eigenvalue weighted by Crippen LogP contribution is 2.22. The Labute approximate surface area is 119 Å². The maximum atomic E-state index is 11.2. The summed E-state index contributed by atoms with van der Waals surface area (Å²) >= 11 is 1.64. The molecular formula is C14H13N3O2S. The van der Waals surface area contributed by atoms with Gasteiger partial charge < -0.3 is 9.67 Å². The van der Waals surface area contributed by atoms with Gasteiger partial charge in [-0.05, 0) is 26.0 Å². The van der Waals surface area contributed by atoms with E-state index in [9.17, 15) is 9.90 Å². The number of nitrogens with zero attached hydrogens (tertiary/aromatic N) is 3. The van der Waals surface area contributed by atoms with Crippen LogP contribution in [0, 0.1) is 13.8 Å². The number of hydrogen-bond acceptors (Lipinski definition) is 4. The summed E-state index contributed by atoms with van der Waals surface area (Å²) in [5, 5.41) is 10.2. The van der Waals surface area contributed by atoms with Crippen LogP contribution in [0.2, 0.25) is 0 Å². The second-order valence-corrected chi connectivity index (χ2v) is 5.89. The predicted molar refractivity (Wildman–Crippen MR) is 77.4 cm³/mol. The monoisotopic (exact) mass is 287 g/mol. The van der Waals surface area contributed by atoms with Crippen molar-refractivity contribution >= 4 is 28.3 Å². The molecule has 0 radical (unpaired) electrons. The topological polar surface area (TPSA) is 68.0 Å². The van der Waals surface area contributed by atoms with Crippen molar-refractivity contribution in [2.24, 2.45) is 0 Å². The van der Waals surface area contributed by atoms with Crippen molar-refractivity contribution in [2.75, 3.05) is 0 Å². The Morgan fingerprint density at radius 2 is 2.20 bits per heavy atom. The van der Waals surface area contributed by atoms with Crippen molar-refractivity contribution < 1.29 is 9.90 Å². The summed E-state index contributed by atoms with van der Waals surface area (Å²) in [5.41, 5.74) is 1.62. The molecule has 2 heterocycles. The van der Waals surface area contributed by atoms with Crippen molar-refractivity contribution in [3.8, 4) is 0 Å². The molecule has 0 saturated carbocycles. The lowest BCUT2D eigenvalue weighted by Crippen LogP contribution is -2.01. The van der Waals surface area contributed by atoms with Crippen LogP contribution in [-0.4, -0.2) is 25.6 Å². The van der Waals surface area contributed by atoms with Crippen LogP contribution in [0.4, 0.5) is 0 Å². The smallest absolute Gasteiger partial charge is 0.337 e. The molecule has 6 heteroatoms. The molecule has 0 unspecified atom stereocenters. The molecule has 3 aromatic rings. The van der Waals surface area contributed by atoms with Crippen LogP contribution in [0.3, 0.4) is 0 Å². The summed E-state index contributed by atoms with van der Waals surface area (Å²) in [4.78, 5) is 21.0. The molecule has 0 amide bonds. The summed E-state index contributed by atoms with van der Waals surface area (Å²) in [6.45, 7) is 4.52. The largest absolute Gasteiger partial charge is 0.478 e. The molecule has 0 fully saturated rings. The van der Waals surface area contributed by atoms with Crippen LogP contribution in [0.5, 0.6) is 0 Å². The highest BCUT2D eigenvalue weighted by molar-refractivity contribution is 7.11. The fourth-order valence-electron chi connectivity index (χ4n) is 2.27. The van der Waals surface area contributed by atoms with Crippen LogP contribution >= 0.6 is 11.3 Å². The number of thiazole rings is 1. The lowest BCUT2D eigenvalue weighted by molar-refractivity contribution is 0.0699. The maximum Gasteiger partial charge on any atom is 0.337 e. The van der Waals surface area contributed by atoms with Gasteiger partial charge in [0.15, 0.2) is 0 Å². The van der Waals surface area contributed by atoms with Gasteiger partial charge in [-0.25, -0.2) is 14.8 Å². The minimum Gasteiger partial charge on any atom is -0.478 e. The Balaban J connectivity index is 2.14. The lowest BCUT2D eigenvalue weighted by atomic mass is 10.2. The quantitative estimate of drug-likeness (QED) is 0.804. The number of imidazole rings is 1. The third kappa shape index (κ3) is 2.08. The van der Waals surface area contributed by atoms with E-state index in [2.05, 4.69) is 9.97 Å². The number of aromatic nitrogens is 3. The van der Waals surface area contributed by atoms with E-state index in [-0.39, 0.29) is 5.56 Å². The lowest BCUT2D eigenvalue weighted by Gasteiger charge is -2.04. The number of aromatic carboxylic acids is 1.